The number of hydrogen-bond acceptors (Lipinski definition) is 4. The van der Waals surface area contributed by atoms with Crippen molar-refractivity contribution in [3.8, 4) is 21.7 Å². The van der Waals surface area contributed by atoms with Gasteiger partial charge in [-0.15, -0.1) is 11.3 Å². The average molecular weight is 323 g/mol. The topological polar surface area (TPSA) is 52.0 Å². The van der Waals surface area contributed by atoms with Crippen LogP contribution >= 0.6 is 22.9 Å². The van der Waals surface area contributed by atoms with Gasteiger partial charge in [-0.2, -0.15) is 0 Å². The molecule has 1 aromatic carbocycles. The van der Waals surface area contributed by atoms with Crippen LogP contribution in [0.1, 0.15) is 10.4 Å². The molecule has 0 aliphatic heterocycles. The zero-order valence-electron chi connectivity index (χ0n) is 11.4. The Labute approximate surface area is 130 Å². The zero-order valence-corrected chi connectivity index (χ0v) is 13.0. The Kier molecular flexibility index (Phi) is 3.47. The molecule has 108 valence electrons. The molecule has 0 unspecified atom stereocenters. The van der Waals surface area contributed by atoms with Gasteiger partial charge in [0.1, 0.15) is 11.5 Å². The predicted octanol–water partition coefficient (Wildman–Crippen LogP) is 5.06. The summed E-state index contributed by atoms with van der Waals surface area (Å²) in [5.74, 6) is -0.231. The first-order valence-electron chi connectivity index (χ1n) is 6.25. The molecule has 3 aromatic rings. The lowest BCUT2D eigenvalue weighted by Crippen LogP contribution is -1.88. The number of nitrogen functional groups attached to an aromatic ring is 1. The highest BCUT2D eigenvalue weighted by molar-refractivity contribution is 7.15. The van der Waals surface area contributed by atoms with E-state index in [0.717, 1.165) is 4.88 Å². The van der Waals surface area contributed by atoms with Gasteiger partial charge < -0.3 is 10.3 Å². The van der Waals surface area contributed by atoms with Gasteiger partial charge in [0.2, 0.25) is 5.88 Å². The van der Waals surface area contributed by atoms with E-state index in [2.05, 4.69) is 5.16 Å². The van der Waals surface area contributed by atoms with Crippen molar-refractivity contribution in [2.45, 2.75) is 13.8 Å². The molecule has 6 heteroatoms. The maximum absolute atomic E-state index is 13.2. The predicted molar refractivity (Wildman–Crippen MR) is 84.1 cm³/mol. The van der Waals surface area contributed by atoms with Crippen LogP contribution in [0.15, 0.2) is 28.8 Å². The van der Waals surface area contributed by atoms with Crippen LogP contribution in [0, 0.1) is 19.7 Å². The second-order valence-electron chi connectivity index (χ2n) is 4.74. The SMILES string of the molecule is Cc1cc(-c2noc(N)c2-c2ccc(F)cc2Cl)sc1C. The van der Waals surface area contributed by atoms with Crippen molar-refractivity contribution >= 4 is 28.8 Å². The molecule has 2 N–H and O–H groups in total. The third-order valence-corrected chi connectivity index (χ3v) is 4.79. The van der Waals surface area contributed by atoms with Gasteiger partial charge in [0.05, 0.1) is 15.5 Å². The highest BCUT2D eigenvalue weighted by Gasteiger charge is 2.21. The summed E-state index contributed by atoms with van der Waals surface area (Å²) in [7, 11) is 0. The summed E-state index contributed by atoms with van der Waals surface area (Å²) in [5.41, 5.74) is 8.89. The summed E-state index contributed by atoms with van der Waals surface area (Å²) in [4.78, 5) is 2.14. The molecule has 2 heterocycles. The lowest BCUT2D eigenvalue weighted by atomic mass is 10.0. The van der Waals surface area contributed by atoms with Crippen LogP contribution in [0.2, 0.25) is 5.02 Å². The van der Waals surface area contributed by atoms with Gasteiger partial charge >= 0.3 is 0 Å². The Bertz CT molecular complexity index is 806. The van der Waals surface area contributed by atoms with Gasteiger partial charge in [0.25, 0.3) is 0 Å². The standard InChI is InChI=1S/C15H12ClFN2OS/c1-7-5-12(21-8(7)2)14-13(15(18)20-19-14)10-4-3-9(17)6-11(10)16/h3-6H,18H2,1-2H3. The number of anilines is 1. The van der Waals surface area contributed by atoms with Crippen molar-refractivity contribution in [1.29, 1.82) is 0 Å². The molecular weight excluding hydrogens is 311 g/mol. The highest BCUT2D eigenvalue weighted by Crippen LogP contribution is 2.42. The van der Waals surface area contributed by atoms with E-state index >= 15 is 0 Å². The number of nitrogens with zero attached hydrogens (tertiary/aromatic N) is 1. The van der Waals surface area contributed by atoms with Crippen LogP contribution in [-0.4, -0.2) is 5.16 Å². The molecule has 0 bridgehead atoms. The van der Waals surface area contributed by atoms with Gasteiger partial charge in [-0.25, -0.2) is 4.39 Å². The molecule has 0 saturated carbocycles. The van der Waals surface area contributed by atoms with E-state index in [0.29, 0.717) is 16.8 Å². The van der Waals surface area contributed by atoms with Crippen LogP contribution in [0.4, 0.5) is 10.3 Å². The fourth-order valence-electron chi connectivity index (χ4n) is 2.11. The summed E-state index contributed by atoms with van der Waals surface area (Å²) in [6.07, 6.45) is 0. The van der Waals surface area contributed by atoms with Gasteiger partial charge in [0, 0.05) is 10.4 Å². The molecule has 0 saturated heterocycles. The van der Waals surface area contributed by atoms with E-state index in [4.69, 9.17) is 21.9 Å². The monoisotopic (exact) mass is 322 g/mol. The normalized spacial score (nSPS) is 11.0. The van der Waals surface area contributed by atoms with Crippen molar-refractivity contribution in [2.75, 3.05) is 5.73 Å². The number of nitrogens with two attached hydrogens (primary N) is 1. The van der Waals surface area contributed by atoms with Crippen LogP contribution in [0.5, 0.6) is 0 Å². The molecule has 0 amide bonds. The summed E-state index contributed by atoms with van der Waals surface area (Å²) >= 11 is 7.73. The van der Waals surface area contributed by atoms with Gasteiger partial charge in [-0.05, 0) is 43.7 Å². The fraction of sp³-hybridized carbons (Fsp3) is 0.133. The molecule has 21 heavy (non-hydrogen) atoms. The van der Waals surface area contributed by atoms with Gasteiger partial charge in [-0.3, -0.25) is 0 Å². The first-order chi connectivity index (χ1) is 9.97. The van der Waals surface area contributed by atoms with E-state index in [9.17, 15) is 4.39 Å². The Morgan fingerprint density at radius 3 is 2.67 bits per heavy atom. The first-order valence-corrected chi connectivity index (χ1v) is 7.45. The van der Waals surface area contributed by atoms with E-state index in [1.165, 1.54) is 22.6 Å². The third kappa shape index (κ3) is 2.43. The number of halogens is 2. The van der Waals surface area contributed by atoms with E-state index < -0.39 is 5.82 Å². The maximum atomic E-state index is 13.2. The van der Waals surface area contributed by atoms with Gasteiger partial charge in [-0.1, -0.05) is 16.8 Å². The molecule has 0 aliphatic rings. The number of hydrogen-bond donors (Lipinski definition) is 1. The smallest absolute Gasteiger partial charge is 0.230 e. The number of aryl methyl sites for hydroxylation is 2. The fourth-order valence-corrected chi connectivity index (χ4v) is 3.40. The number of rotatable bonds is 2. The van der Waals surface area contributed by atoms with Crippen molar-refractivity contribution in [3.05, 3.63) is 45.5 Å². The molecule has 0 spiro atoms. The highest BCUT2D eigenvalue weighted by atomic mass is 35.5. The van der Waals surface area contributed by atoms with E-state index in [1.54, 1.807) is 17.4 Å². The Hall–Kier alpha value is -1.85. The first kappa shape index (κ1) is 14.1. The molecule has 3 nitrogen and oxygen atoms in total. The molecule has 0 aliphatic carbocycles. The quantitative estimate of drug-likeness (QED) is 0.717. The van der Waals surface area contributed by atoms with Crippen molar-refractivity contribution in [2.24, 2.45) is 0 Å². The Morgan fingerprint density at radius 2 is 2.05 bits per heavy atom. The van der Waals surface area contributed by atoms with Crippen LogP contribution in [0.3, 0.4) is 0 Å². The summed E-state index contributed by atoms with van der Waals surface area (Å²) in [5, 5.41) is 4.31. The number of thiophene rings is 1. The second kappa shape index (κ2) is 5.16. The molecule has 0 fully saturated rings. The average Bonchev–Trinajstić information content (AvgIpc) is 2.94. The molecule has 2 aromatic heterocycles. The lowest BCUT2D eigenvalue weighted by molar-refractivity contribution is 0.439. The number of aromatic nitrogens is 1. The maximum Gasteiger partial charge on any atom is 0.230 e. The molecule has 0 atom stereocenters. The van der Waals surface area contributed by atoms with Crippen molar-refractivity contribution in [1.82, 2.24) is 5.16 Å². The minimum Gasteiger partial charge on any atom is -0.367 e. The largest absolute Gasteiger partial charge is 0.367 e. The lowest BCUT2D eigenvalue weighted by Gasteiger charge is -2.04. The molecule has 0 radical (unpaired) electrons. The Balaban J connectivity index is 2.21. The summed E-state index contributed by atoms with van der Waals surface area (Å²) < 4.78 is 18.3. The van der Waals surface area contributed by atoms with Crippen LogP contribution in [-0.2, 0) is 0 Å². The van der Waals surface area contributed by atoms with E-state index in [1.807, 2.05) is 19.9 Å². The zero-order chi connectivity index (χ0) is 15.1. The summed E-state index contributed by atoms with van der Waals surface area (Å²) in [6.45, 7) is 4.07. The van der Waals surface area contributed by atoms with Crippen molar-refractivity contribution < 1.29 is 8.91 Å². The van der Waals surface area contributed by atoms with E-state index in [-0.39, 0.29) is 10.9 Å². The van der Waals surface area contributed by atoms with Gasteiger partial charge in [0.15, 0.2) is 0 Å². The third-order valence-electron chi connectivity index (χ3n) is 3.32. The number of benzene rings is 1. The van der Waals surface area contributed by atoms with Crippen LogP contribution < -0.4 is 5.73 Å². The minimum absolute atomic E-state index is 0.169. The second-order valence-corrected chi connectivity index (χ2v) is 6.41. The summed E-state index contributed by atoms with van der Waals surface area (Å²) in [6, 6.07) is 6.19. The Morgan fingerprint density at radius 1 is 1.29 bits per heavy atom. The van der Waals surface area contributed by atoms with Crippen molar-refractivity contribution in [3.63, 3.8) is 0 Å². The molecule has 3 rings (SSSR count). The molecular formula is C15H12ClFN2OS. The minimum atomic E-state index is -0.400. The van der Waals surface area contributed by atoms with Crippen LogP contribution in [0.25, 0.3) is 21.7 Å².